The molecule has 0 aliphatic heterocycles. The van der Waals surface area contributed by atoms with Crippen molar-refractivity contribution in [1.82, 2.24) is 0 Å². The summed E-state index contributed by atoms with van der Waals surface area (Å²) in [5.41, 5.74) is -0.257. The third-order valence-electron chi connectivity index (χ3n) is 1.51. The lowest BCUT2D eigenvalue weighted by atomic mass is 9.80. The number of rotatable bonds is 0. The van der Waals surface area contributed by atoms with Crippen LogP contribution in [-0.4, -0.2) is 16.4 Å². The normalized spacial score (nSPS) is 40.6. The van der Waals surface area contributed by atoms with Gasteiger partial charge in [0.2, 0.25) is 0 Å². The summed E-state index contributed by atoms with van der Waals surface area (Å²) in [7, 11) is 0. The van der Waals surface area contributed by atoms with Crippen LogP contribution in [0.15, 0.2) is 0 Å². The predicted octanol–water partition coefficient (Wildman–Crippen LogP) is 0.551. The molecule has 1 aliphatic carbocycles. The maximum Gasteiger partial charge on any atom is 0.0995 e. The van der Waals surface area contributed by atoms with Crippen LogP contribution in [0.1, 0.15) is 19.8 Å². The second-order valence-electron chi connectivity index (χ2n) is 2.25. The summed E-state index contributed by atoms with van der Waals surface area (Å²) >= 11 is 0. The molecule has 0 radical (unpaired) electrons. The SMILES string of the molecule is CC1(O)CCC1=N. The maximum absolute atomic E-state index is 8.96. The summed E-state index contributed by atoms with van der Waals surface area (Å²) in [6.45, 7) is 1.68. The average molecular weight is 99.1 g/mol. The lowest BCUT2D eigenvalue weighted by molar-refractivity contribution is 0.0936. The van der Waals surface area contributed by atoms with E-state index in [0.29, 0.717) is 5.71 Å². The van der Waals surface area contributed by atoms with E-state index in [9.17, 15) is 0 Å². The molecule has 1 atom stereocenters. The lowest BCUT2D eigenvalue weighted by Crippen LogP contribution is -2.43. The molecule has 0 saturated heterocycles. The second-order valence-corrected chi connectivity index (χ2v) is 2.25. The molecule has 0 aromatic carbocycles. The van der Waals surface area contributed by atoms with Crippen molar-refractivity contribution in [2.24, 2.45) is 0 Å². The van der Waals surface area contributed by atoms with E-state index in [0.717, 1.165) is 12.8 Å². The smallest absolute Gasteiger partial charge is 0.0995 e. The van der Waals surface area contributed by atoms with Crippen molar-refractivity contribution in [2.75, 3.05) is 0 Å². The Bertz CT molecular complexity index is 107. The zero-order chi connectivity index (χ0) is 5.49. The van der Waals surface area contributed by atoms with Crippen molar-refractivity contribution in [3.8, 4) is 0 Å². The first kappa shape index (κ1) is 4.78. The Morgan fingerprint density at radius 2 is 2.29 bits per heavy atom. The van der Waals surface area contributed by atoms with Crippen LogP contribution in [0, 0.1) is 5.41 Å². The summed E-state index contributed by atoms with van der Waals surface area (Å²) in [4.78, 5) is 0. The van der Waals surface area contributed by atoms with Gasteiger partial charge in [-0.25, -0.2) is 0 Å². The van der Waals surface area contributed by atoms with Gasteiger partial charge in [-0.05, 0) is 19.8 Å². The van der Waals surface area contributed by atoms with Crippen LogP contribution >= 0.6 is 0 Å². The van der Waals surface area contributed by atoms with Crippen molar-refractivity contribution in [2.45, 2.75) is 25.4 Å². The van der Waals surface area contributed by atoms with Crippen LogP contribution in [-0.2, 0) is 0 Å². The van der Waals surface area contributed by atoms with Crippen LogP contribution in [0.4, 0.5) is 0 Å². The van der Waals surface area contributed by atoms with Gasteiger partial charge in [-0.1, -0.05) is 0 Å². The molecule has 1 unspecified atom stereocenters. The fourth-order valence-corrected chi connectivity index (χ4v) is 0.612. The highest BCUT2D eigenvalue weighted by Crippen LogP contribution is 2.26. The summed E-state index contributed by atoms with van der Waals surface area (Å²) in [5.74, 6) is 0. The molecule has 1 fully saturated rings. The fraction of sp³-hybridized carbons (Fsp3) is 0.800. The van der Waals surface area contributed by atoms with Crippen molar-refractivity contribution in [3.05, 3.63) is 0 Å². The molecule has 2 N–H and O–H groups in total. The Labute approximate surface area is 42.7 Å². The molecule has 7 heavy (non-hydrogen) atoms. The zero-order valence-corrected chi connectivity index (χ0v) is 4.36. The zero-order valence-electron chi connectivity index (χ0n) is 4.36. The van der Waals surface area contributed by atoms with Gasteiger partial charge in [0.05, 0.1) is 5.60 Å². The maximum atomic E-state index is 8.96. The molecular formula is C5H9NO. The van der Waals surface area contributed by atoms with Crippen molar-refractivity contribution < 1.29 is 5.11 Å². The molecule has 0 aromatic heterocycles. The summed E-state index contributed by atoms with van der Waals surface area (Å²) < 4.78 is 0. The number of hydrogen-bond donors (Lipinski definition) is 2. The fourth-order valence-electron chi connectivity index (χ4n) is 0.612. The van der Waals surface area contributed by atoms with Gasteiger partial charge in [0, 0.05) is 5.71 Å². The second kappa shape index (κ2) is 1.07. The van der Waals surface area contributed by atoms with Gasteiger partial charge >= 0.3 is 0 Å². The molecule has 2 heteroatoms. The summed E-state index contributed by atoms with van der Waals surface area (Å²) in [6.07, 6.45) is 1.55. The standard InChI is InChI=1S/C5H9NO/c1-5(7)3-2-4(5)6/h6-7H,2-3H2,1H3. The summed E-state index contributed by atoms with van der Waals surface area (Å²) in [5, 5.41) is 15.9. The Kier molecular flexibility index (Phi) is 0.729. The quantitative estimate of drug-likeness (QED) is 0.457. The third-order valence-corrected chi connectivity index (χ3v) is 1.51. The van der Waals surface area contributed by atoms with Crippen LogP contribution < -0.4 is 0 Å². The van der Waals surface area contributed by atoms with Gasteiger partial charge < -0.3 is 10.5 Å². The Morgan fingerprint density at radius 3 is 2.29 bits per heavy atom. The summed E-state index contributed by atoms with van der Waals surface area (Å²) in [6, 6.07) is 0. The van der Waals surface area contributed by atoms with Crippen LogP contribution in [0.25, 0.3) is 0 Å². The van der Waals surface area contributed by atoms with Gasteiger partial charge in [0.1, 0.15) is 0 Å². The molecular weight excluding hydrogens is 90.1 g/mol. The molecule has 1 rings (SSSR count). The number of nitrogens with one attached hydrogen (secondary N) is 1. The van der Waals surface area contributed by atoms with Crippen LogP contribution in [0.2, 0.25) is 0 Å². The molecule has 0 heterocycles. The van der Waals surface area contributed by atoms with Gasteiger partial charge in [-0.2, -0.15) is 0 Å². The monoisotopic (exact) mass is 99.1 g/mol. The van der Waals surface area contributed by atoms with E-state index < -0.39 is 5.60 Å². The molecule has 1 aliphatic rings. The largest absolute Gasteiger partial charge is 0.384 e. The Hall–Kier alpha value is -0.370. The lowest BCUT2D eigenvalue weighted by Gasteiger charge is -2.33. The minimum absolute atomic E-state index is 0.479. The molecule has 0 aromatic rings. The van der Waals surface area contributed by atoms with E-state index >= 15 is 0 Å². The van der Waals surface area contributed by atoms with Crippen LogP contribution in [0.3, 0.4) is 0 Å². The first-order valence-electron chi connectivity index (χ1n) is 2.43. The van der Waals surface area contributed by atoms with Gasteiger partial charge in [-0.3, -0.25) is 0 Å². The molecule has 1 saturated carbocycles. The Morgan fingerprint density at radius 1 is 1.86 bits per heavy atom. The minimum Gasteiger partial charge on any atom is -0.384 e. The average Bonchev–Trinajstić information content (AvgIpc) is 1.63. The highest BCUT2D eigenvalue weighted by molar-refractivity contribution is 5.94. The van der Waals surface area contributed by atoms with E-state index in [1.54, 1.807) is 6.92 Å². The van der Waals surface area contributed by atoms with Gasteiger partial charge in [0.15, 0.2) is 0 Å². The van der Waals surface area contributed by atoms with Crippen molar-refractivity contribution in [3.63, 3.8) is 0 Å². The molecule has 2 nitrogen and oxygen atoms in total. The van der Waals surface area contributed by atoms with E-state index in [-0.39, 0.29) is 0 Å². The number of hydrogen-bond acceptors (Lipinski definition) is 2. The highest BCUT2D eigenvalue weighted by Gasteiger charge is 2.34. The van der Waals surface area contributed by atoms with Gasteiger partial charge in [-0.15, -0.1) is 0 Å². The molecule has 0 amide bonds. The topological polar surface area (TPSA) is 44.1 Å². The first-order valence-corrected chi connectivity index (χ1v) is 2.43. The van der Waals surface area contributed by atoms with Crippen molar-refractivity contribution in [1.29, 1.82) is 5.41 Å². The van der Waals surface area contributed by atoms with Crippen LogP contribution in [0.5, 0.6) is 0 Å². The molecule has 40 valence electrons. The first-order chi connectivity index (χ1) is 3.13. The van der Waals surface area contributed by atoms with E-state index in [1.807, 2.05) is 0 Å². The minimum atomic E-state index is -0.736. The van der Waals surface area contributed by atoms with E-state index in [4.69, 9.17) is 10.5 Å². The van der Waals surface area contributed by atoms with Crippen molar-refractivity contribution >= 4 is 5.71 Å². The van der Waals surface area contributed by atoms with Gasteiger partial charge in [0.25, 0.3) is 0 Å². The third kappa shape index (κ3) is 0.548. The predicted molar refractivity (Wildman–Crippen MR) is 27.6 cm³/mol. The Balaban J connectivity index is 2.59. The molecule has 0 bridgehead atoms. The van der Waals surface area contributed by atoms with E-state index in [1.165, 1.54) is 0 Å². The van der Waals surface area contributed by atoms with E-state index in [2.05, 4.69) is 0 Å². The molecule has 0 spiro atoms. The highest BCUT2D eigenvalue weighted by atomic mass is 16.3. The number of aliphatic hydroxyl groups is 1.